The van der Waals surface area contributed by atoms with Crippen LogP contribution in [-0.4, -0.2) is 54.9 Å². The van der Waals surface area contributed by atoms with Gasteiger partial charge in [-0.05, 0) is 37.1 Å². The van der Waals surface area contributed by atoms with Crippen LogP contribution in [0.15, 0.2) is 24.3 Å². The summed E-state index contributed by atoms with van der Waals surface area (Å²) in [6.07, 6.45) is 1.71. The molecule has 1 saturated heterocycles. The van der Waals surface area contributed by atoms with Gasteiger partial charge in [0, 0.05) is 19.6 Å². The van der Waals surface area contributed by atoms with E-state index in [0.29, 0.717) is 12.4 Å². The number of carboxylic acids is 1. The zero-order valence-electron chi connectivity index (χ0n) is 11.8. The fourth-order valence-electron chi connectivity index (χ4n) is 2.31. The van der Waals surface area contributed by atoms with Crippen molar-refractivity contribution in [2.45, 2.75) is 18.9 Å². The van der Waals surface area contributed by atoms with Gasteiger partial charge in [-0.25, -0.2) is 9.18 Å². The number of piperidine rings is 1. The second kappa shape index (κ2) is 7.95. The Kier molecular flexibility index (Phi) is 5.95. The van der Waals surface area contributed by atoms with Gasteiger partial charge in [0.1, 0.15) is 24.8 Å². The average molecular weight is 297 g/mol. The van der Waals surface area contributed by atoms with Crippen LogP contribution in [0.25, 0.3) is 0 Å². The number of aliphatic carboxylic acids is 1. The summed E-state index contributed by atoms with van der Waals surface area (Å²) >= 11 is 0. The summed E-state index contributed by atoms with van der Waals surface area (Å²) in [6, 6.07) is 5.98. The Labute approximate surface area is 123 Å². The number of likely N-dealkylation sites (tertiary alicyclic amines) is 1. The van der Waals surface area contributed by atoms with Crippen molar-refractivity contribution in [1.82, 2.24) is 4.90 Å². The number of carbonyl (C=O) groups is 1. The lowest BCUT2D eigenvalue weighted by Crippen LogP contribution is -2.39. The molecule has 2 rings (SSSR count). The topological polar surface area (TPSA) is 59.0 Å². The van der Waals surface area contributed by atoms with Crippen LogP contribution in [-0.2, 0) is 9.53 Å². The summed E-state index contributed by atoms with van der Waals surface area (Å²) in [6.45, 7) is 2.86. The van der Waals surface area contributed by atoms with E-state index in [4.69, 9.17) is 14.6 Å². The van der Waals surface area contributed by atoms with Gasteiger partial charge in [0.15, 0.2) is 0 Å². The van der Waals surface area contributed by atoms with Crippen LogP contribution in [0.4, 0.5) is 4.39 Å². The maximum atomic E-state index is 12.7. The van der Waals surface area contributed by atoms with Crippen LogP contribution in [0.2, 0.25) is 0 Å². The zero-order chi connectivity index (χ0) is 15.1. The van der Waals surface area contributed by atoms with Gasteiger partial charge in [0.2, 0.25) is 0 Å². The van der Waals surface area contributed by atoms with Gasteiger partial charge in [-0.3, -0.25) is 4.90 Å². The van der Waals surface area contributed by atoms with Gasteiger partial charge < -0.3 is 14.6 Å². The van der Waals surface area contributed by atoms with E-state index in [1.807, 2.05) is 0 Å². The van der Waals surface area contributed by atoms with Crippen LogP contribution < -0.4 is 4.74 Å². The Balaban J connectivity index is 1.60. The summed E-state index contributed by atoms with van der Waals surface area (Å²) < 4.78 is 23.6. The third kappa shape index (κ3) is 5.69. The van der Waals surface area contributed by atoms with Crippen LogP contribution in [0, 0.1) is 5.82 Å². The van der Waals surface area contributed by atoms with E-state index < -0.39 is 5.97 Å². The van der Waals surface area contributed by atoms with Crippen molar-refractivity contribution in [1.29, 1.82) is 0 Å². The SMILES string of the molecule is O=C(O)COC1CCN(CCOc2ccc(F)cc2)CC1. The molecule has 0 spiro atoms. The zero-order valence-corrected chi connectivity index (χ0v) is 11.8. The fraction of sp³-hybridized carbons (Fsp3) is 0.533. The summed E-state index contributed by atoms with van der Waals surface area (Å²) in [5.74, 6) is -0.535. The van der Waals surface area contributed by atoms with Crippen molar-refractivity contribution in [3.63, 3.8) is 0 Å². The third-order valence-electron chi connectivity index (χ3n) is 3.47. The number of halogens is 1. The second-order valence-electron chi connectivity index (χ2n) is 5.05. The van der Waals surface area contributed by atoms with Crippen LogP contribution in [0.5, 0.6) is 5.75 Å². The Hall–Kier alpha value is -1.66. The van der Waals surface area contributed by atoms with Crippen molar-refractivity contribution >= 4 is 5.97 Å². The summed E-state index contributed by atoms with van der Waals surface area (Å²) in [5.41, 5.74) is 0. The highest BCUT2D eigenvalue weighted by Crippen LogP contribution is 2.14. The van der Waals surface area contributed by atoms with Crippen molar-refractivity contribution in [2.24, 2.45) is 0 Å². The standard InChI is InChI=1S/C15H20FNO4/c16-12-1-3-13(4-2-12)20-10-9-17-7-5-14(6-8-17)21-11-15(18)19/h1-4,14H,5-11H2,(H,18,19). The smallest absolute Gasteiger partial charge is 0.329 e. The lowest BCUT2D eigenvalue weighted by Gasteiger charge is -2.31. The first-order chi connectivity index (χ1) is 10.1. The first kappa shape index (κ1) is 15.7. The van der Waals surface area contributed by atoms with E-state index in [9.17, 15) is 9.18 Å². The minimum absolute atomic E-state index is 0.0374. The second-order valence-corrected chi connectivity index (χ2v) is 5.05. The molecule has 0 aliphatic carbocycles. The molecule has 21 heavy (non-hydrogen) atoms. The molecule has 0 radical (unpaired) electrons. The summed E-state index contributed by atoms with van der Waals surface area (Å²) in [5, 5.41) is 8.56. The molecule has 116 valence electrons. The molecule has 1 aliphatic rings. The average Bonchev–Trinajstić information content (AvgIpc) is 2.48. The number of nitrogens with zero attached hydrogens (tertiary/aromatic N) is 1. The van der Waals surface area contributed by atoms with Crippen molar-refractivity contribution in [3.05, 3.63) is 30.1 Å². The van der Waals surface area contributed by atoms with Crippen LogP contribution in [0.3, 0.4) is 0 Å². The number of hydrogen-bond acceptors (Lipinski definition) is 4. The number of rotatable bonds is 7. The molecular formula is C15H20FNO4. The van der Waals surface area contributed by atoms with E-state index in [2.05, 4.69) is 4.90 Å². The van der Waals surface area contributed by atoms with E-state index in [0.717, 1.165) is 32.5 Å². The van der Waals surface area contributed by atoms with Crippen LogP contribution in [0.1, 0.15) is 12.8 Å². The highest BCUT2D eigenvalue weighted by molar-refractivity contribution is 5.68. The molecule has 6 heteroatoms. The number of hydrogen-bond donors (Lipinski definition) is 1. The number of ether oxygens (including phenoxy) is 2. The molecule has 1 heterocycles. The van der Waals surface area contributed by atoms with Crippen LogP contribution >= 0.6 is 0 Å². The third-order valence-corrected chi connectivity index (χ3v) is 3.47. The largest absolute Gasteiger partial charge is 0.492 e. The van der Waals surface area contributed by atoms with Gasteiger partial charge >= 0.3 is 5.97 Å². The lowest BCUT2D eigenvalue weighted by atomic mass is 10.1. The van der Waals surface area contributed by atoms with Gasteiger partial charge in [-0.2, -0.15) is 0 Å². The first-order valence-electron chi connectivity index (χ1n) is 7.07. The molecule has 1 aliphatic heterocycles. The molecule has 1 aromatic carbocycles. The molecule has 0 amide bonds. The number of carboxylic acid groups (broad SMARTS) is 1. The molecule has 1 N–H and O–H groups in total. The summed E-state index contributed by atoms with van der Waals surface area (Å²) in [4.78, 5) is 12.7. The monoisotopic (exact) mass is 297 g/mol. The van der Waals surface area contributed by atoms with Crippen molar-refractivity contribution in [2.75, 3.05) is 32.8 Å². The van der Waals surface area contributed by atoms with Crippen molar-refractivity contribution < 1.29 is 23.8 Å². The predicted octanol–water partition coefficient (Wildman–Crippen LogP) is 1.77. The maximum absolute atomic E-state index is 12.7. The van der Waals surface area contributed by atoms with Gasteiger partial charge in [0.25, 0.3) is 0 Å². The van der Waals surface area contributed by atoms with E-state index >= 15 is 0 Å². The van der Waals surface area contributed by atoms with E-state index in [1.165, 1.54) is 12.1 Å². The van der Waals surface area contributed by atoms with Crippen molar-refractivity contribution in [3.8, 4) is 5.75 Å². The normalized spacial score (nSPS) is 16.8. The quantitative estimate of drug-likeness (QED) is 0.831. The highest BCUT2D eigenvalue weighted by atomic mass is 19.1. The van der Waals surface area contributed by atoms with E-state index in [-0.39, 0.29) is 18.5 Å². The van der Waals surface area contributed by atoms with Gasteiger partial charge in [-0.15, -0.1) is 0 Å². The molecule has 0 bridgehead atoms. The minimum atomic E-state index is -0.926. The Morgan fingerprint density at radius 2 is 1.95 bits per heavy atom. The molecule has 0 saturated carbocycles. The minimum Gasteiger partial charge on any atom is -0.492 e. The van der Waals surface area contributed by atoms with Gasteiger partial charge in [0.05, 0.1) is 6.10 Å². The number of benzene rings is 1. The molecule has 0 aromatic heterocycles. The molecule has 0 atom stereocenters. The Morgan fingerprint density at radius 1 is 1.29 bits per heavy atom. The molecule has 5 nitrogen and oxygen atoms in total. The van der Waals surface area contributed by atoms with Gasteiger partial charge in [-0.1, -0.05) is 0 Å². The fourth-order valence-corrected chi connectivity index (χ4v) is 2.31. The maximum Gasteiger partial charge on any atom is 0.329 e. The molecule has 1 aromatic rings. The Bertz CT molecular complexity index is 443. The summed E-state index contributed by atoms with van der Waals surface area (Å²) in [7, 11) is 0. The molecular weight excluding hydrogens is 277 g/mol. The molecule has 1 fully saturated rings. The Morgan fingerprint density at radius 3 is 2.57 bits per heavy atom. The lowest BCUT2D eigenvalue weighted by molar-refractivity contribution is -0.145. The highest BCUT2D eigenvalue weighted by Gasteiger charge is 2.20. The first-order valence-corrected chi connectivity index (χ1v) is 7.07. The molecule has 0 unspecified atom stereocenters. The predicted molar refractivity (Wildman–Crippen MR) is 74.9 cm³/mol. The van der Waals surface area contributed by atoms with E-state index in [1.54, 1.807) is 12.1 Å².